The standard InChI is InChI=1S/C9H18N2O3/c1-4-11(5-7(10)12)8(6(2)3)9(13)14/h6,8H,4-5H2,1-3H3,(H2,10,12)(H,13,14). The number of hydrogen-bond donors (Lipinski definition) is 2. The van der Waals surface area contributed by atoms with Gasteiger partial charge in [0, 0.05) is 0 Å². The summed E-state index contributed by atoms with van der Waals surface area (Å²) in [5.41, 5.74) is 5.03. The molecule has 0 bridgehead atoms. The Kier molecular flexibility index (Phi) is 5.15. The zero-order chi connectivity index (χ0) is 11.3. The molecule has 0 aromatic rings. The Morgan fingerprint density at radius 2 is 1.93 bits per heavy atom. The zero-order valence-electron chi connectivity index (χ0n) is 8.86. The quantitative estimate of drug-likeness (QED) is 0.630. The highest BCUT2D eigenvalue weighted by atomic mass is 16.4. The summed E-state index contributed by atoms with van der Waals surface area (Å²) in [6.07, 6.45) is 0. The second-order valence-corrected chi connectivity index (χ2v) is 3.56. The van der Waals surface area contributed by atoms with Crippen LogP contribution in [0.4, 0.5) is 0 Å². The van der Waals surface area contributed by atoms with Crippen LogP contribution in [0.3, 0.4) is 0 Å². The molecule has 3 N–H and O–H groups in total. The Morgan fingerprint density at radius 3 is 2.14 bits per heavy atom. The highest BCUT2D eigenvalue weighted by molar-refractivity contribution is 5.78. The van der Waals surface area contributed by atoms with E-state index in [2.05, 4.69) is 0 Å². The third-order valence-electron chi connectivity index (χ3n) is 2.04. The van der Waals surface area contributed by atoms with Crippen molar-refractivity contribution in [1.29, 1.82) is 0 Å². The molecule has 0 aliphatic heterocycles. The minimum absolute atomic E-state index is 0.00829. The topological polar surface area (TPSA) is 83.6 Å². The number of carboxylic acid groups (broad SMARTS) is 1. The first kappa shape index (κ1) is 12.9. The summed E-state index contributed by atoms with van der Waals surface area (Å²) in [6.45, 7) is 5.91. The first-order chi connectivity index (χ1) is 6.40. The van der Waals surface area contributed by atoms with Crippen molar-refractivity contribution in [3.05, 3.63) is 0 Å². The molecule has 0 radical (unpaired) electrons. The average Bonchev–Trinajstić information content (AvgIpc) is 2.00. The van der Waals surface area contributed by atoms with E-state index in [1.54, 1.807) is 11.8 Å². The SMILES string of the molecule is CCN(CC(N)=O)C(C(=O)O)C(C)C. The molecule has 0 rings (SSSR count). The molecule has 1 unspecified atom stereocenters. The van der Waals surface area contributed by atoms with Gasteiger partial charge in [-0.05, 0) is 12.5 Å². The summed E-state index contributed by atoms with van der Waals surface area (Å²) in [5, 5.41) is 8.96. The molecule has 0 heterocycles. The van der Waals surface area contributed by atoms with E-state index in [9.17, 15) is 9.59 Å². The minimum Gasteiger partial charge on any atom is -0.480 e. The fraction of sp³-hybridized carbons (Fsp3) is 0.778. The molecule has 5 nitrogen and oxygen atoms in total. The van der Waals surface area contributed by atoms with Crippen LogP contribution in [0.15, 0.2) is 0 Å². The smallest absolute Gasteiger partial charge is 0.321 e. The Bertz CT molecular complexity index is 216. The zero-order valence-corrected chi connectivity index (χ0v) is 8.86. The van der Waals surface area contributed by atoms with E-state index < -0.39 is 17.9 Å². The van der Waals surface area contributed by atoms with Crippen LogP contribution in [-0.2, 0) is 9.59 Å². The molecule has 0 aliphatic rings. The predicted octanol–water partition coefficient (Wildman–Crippen LogP) is -0.0972. The molecule has 0 aliphatic carbocycles. The molecule has 82 valence electrons. The summed E-state index contributed by atoms with van der Waals surface area (Å²) >= 11 is 0. The third kappa shape index (κ3) is 3.74. The molecule has 14 heavy (non-hydrogen) atoms. The fourth-order valence-corrected chi connectivity index (χ4v) is 1.47. The van der Waals surface area contributed by atoms with Gasteiger partial charge >= 0.3 is 5.97 Å². The summed E-state index contributed by atoms with van der Waals surface area (Å²) < 4.78 is 0. The van der Waals surface area contributed by atoms with Crippen molar-refractivity contribution in [3.8, 4) is 0 Å². The predicted molar refractivity (Wildman–Crippen MR) is 52.7 cm³/mol. The molecule has 1 atom stereocenters. The number of likely N-dealkylation sites (N-methyl/N-ethyl adjacent to an activating group) is 1. The van der Waals surface area contributed by atoms with Crippen LogP contribution < -0.4 is 5.73 Å². The number of hydrogen-bond acceptors (Lipinski definition) is 3. The highest BCUT2D eigenvalue weighted by Gasteiger charge is 2.28. The average molecular weight is 202 g/mol. The van der Waals surface area contributed by atoms with Crippen molar-refractivity contribution in [2.24, 2.45) is 11.7 Å². The number of primary amides is 1. The van der Waals surface area contributed by atoms with Gasteiger partial charge in [-0.15, -0.1) is 0 Å². The summed E-state index contributed by atoms with van der Waals surface area (Å²) in [5.74, 6) is -1.46. The Balaban J connectivity index is 4.58. The van der Waals surface area contributed by atoms with Crippen molar-refractivity contribution >= 4 is 11.9 Å². The van der Waals surface area contributed by atoms with E-state index in [1.807, 2.05) is 13.8 Å². The summed E-state index contributed by atoms with van der Waals surface area (Å²) in [4.78, 5) is 23.2. The molecule has 0 fully saturated rings. The normalized spacial score (nSPS) is 13.2. The maximum absolute atomic E-state index is 10.9. The Morgan fingerprint density at radius 1 is 1.43 bits per heavy atom. The molecule has 0 spiro atoms. The second-order valence-electron chi connectivity index (χ2n) is 3.56. The molecule has 0 saturated carbocycles. The van der Waals surface area contributed by atoms with Crippen LogP contribution >= 0.6 is 0 Å². The summed E-state index contributed by atoms with van der Waals surface area (Å²) in [6, 6.07) is -0.646. The van der Waals surface area contributed by atoms with Crippen molar-refractivity contribution in [1.82, 2.24) is 4.90 Å². The maximum Gasteiger partial charge on any atom is 0.321 e. The molecule has 0 saturated heterocycles. The van der Waals surface area contributed by atoms with Crippen molar-refractivity contribution in [3.63, 3.8) is 0 Å². The molecular weight excluding hydrogens is 184 g/mol. The highest BCUT2D eigenvalue weighted by Crippen LogP contribution is 2.10. The second kappa shape index (κ2) is 5.59. The molecule has 1 amide bonds. The lowest BCUT2D eigenvalue weighted by atomic mass is 10.0. The van der Waals surface area contributed by atoms with E-state index in [0.29, 0.717) is 6.54 Å². The van der Waals surface area contributed by atoms with E-state index >= 15 is 0 Å². The lowest BCUT2D eigenvalue weighted by Crippen LogP contribution is -2.48. The minimum atomic E-state index is -0.914. The van der Waals surface area contributed by atoms with Gasteiger partial charge in [-0.3, -0.25) is 14.5 Å². The Labute approximate surface area is 83.9 Å². The van der Waals surface area contributed by atoms with E-state index in [0.717, 1.165) is 0 Å². The van der Waals surface area contributed by atoms with Crippen molar-refractivity contribution in [2.45, 2.75) is 26.8 Å². The van der Waals surface area contributed by atoms with Gasteiger partial charge in [-0.1, -0.05) is 20.8 Å². The number of carboxylic acids is 1. The van der Waals surface area contributed by atoms with Crippen LogP contribution in [0.25, 0.3) is 0 Å². The molecule has 5 heteroatoms. The first-order valence-electron chi connectivity index (χ1n) is 4.65. The molecular formula is C9H18N2O3. The van der Waals surface area contributed by atoms with Gasteiger partial charge in [0.05, 0.1) is 6.54 Å². The van der Waals surface area contributed by atoms with E-state index in [1.165, 1.54) is 0 Å². The number of carbonyl (C=O) groups is 2. The van der Waals surface area contributed by atoms with Crippen LogP contribution in [0, 0.1) is 5.92 Å². The first-order valence-corrected chi connectivity index (χ1v) is 4.65. The lowest BCUT2D eigenvalue weighted by Gasteiger charge is -2.28. The van der Waals surface area contributed by atoms with Crippen molar-refractivity contribution < 1.29 is 14.7 Å². The van der Waals surface area contributed by atoms with Gasteiger partial charge in [0.15, 0.2) is 0 Å². The number of amides is 1. The number of nitrogens with two attached hydrogens (primary N) is 1. The Hall–Kier alpha value is -1.10. The summed E-state index contributed by atoms with van der Waals surface area (Å²) in [7, 11) is 0. The van der Waals surface area contributed by atoms with E-state index in [-0.39, 0.29) is 12.5 Å². The number of aliphatic carboxylic acids is 1. The van der Waals surface area contributed by atoms with Crippen LogP contribution in [0.2, 0.25) is 0 Å². The monoisotopic (exact) mass is 202 g/mol. The number of nitrogens with zero attached hydrogens (tertiary/aromatic N) is 1. The van der Waals surface area contributed by atoms with Gasteiger partial charge < -0.3 is 10.8 Å². The van der Waals surface area contributed by atoms with Crippen molar-refractivity contribution in [2.75, 3.05) is 13.1 Å². The van der Waals surface area contributed by atoms with E-state index in [4.69, 9.17) is 10.8 Å². The van der Waals surface area contributed by atoms with Gasteiger partial charge in [0.1, 0.15) is 6.04 Å². The maximum atomic E-state index is 10.9. The van der Waals surface area contributed by atoms with Crippen LogP contribution in [-0.4, -0.2) is 41.0 Å². The van der Waals surface area contributed by atoms with Gasteiger partial charge in [-0.2, -0.15) is 0 Å². The largest absolute Gasteiger partial charge is 0.480 e. The van der Waals surface area contributed by atoms with Gasteiger partial charge in [0.25, 0.3) is 0 Å². The van der Waals surface area contributed by atoms with Gasteiger partial charge in [-0.25, -0.2) is 0 Å². The molecule has 0 aromatic heterocycles. The fourth-order valence-electron chi connectivity index (χ4n) is 1.47. The lowest BCUT2D eigenvalue weighted by molar-refractivity contribution is -0.145. The number of rotatable bonds is 6. The van der Waals surface area contributed by atoms with Crippen LogP contribution in [0.1, 0.15) is 20.8 Å². The third-order valence-corrected chi connectivity index (χ3v) is 2.04. The molecule has 0 aromatic carbocycles. The van der Waals surface area contributed by atoms with Gasteiger partial charge in [0.2, 0.25) is 5.91 Å². The number of carbonyl (C=O) groups excluding carboxylic acids is 1. The van der Waals surface area contributed by atoms with Crippen LogP contribution in [0.5, 0.6) is 0 Å².